The van der Waals surface area contributed by atoms with Crippen molar-refractivity contribution in [2.24, 2.45) is 5.92 Å². The van der Waals surface area contributed by atoms with Crippen LogP contribution in [0, 0.1) is 11.7 Å². The number of carboxylic acid groups (broad SMARTS) is 1. The van der Waals surface area contributed by atoms with Gasteiger partial charge in [0.15, 0.2) is 6.61 Å². The van der Waals surface area contributed by atoms with Crippen LogP contribution in [-0.2, 0) is 9.59 Å². The molecule has 0 radical (unpaired) electrons. The Kier molecular flexibility index (Phi) is 6.61. The monoisotopic (exact) mass is 361 g/mol. The number of ether oxygens (including phenoxy) is 1. The molecule has 0 aromatic heterocycles. The summed E-state index contributed by atoms with van der Waals surface area (Å²) in [4.78, 5) is 22.7. The number of benzene rings is 1. The van der Waals surface area contributed by atoms with Crippen molar-refractivity contribution in [1.29, 1.82) is 0 Å². The average molecular weight is 362 g/mol. The molecule has 5 nitrogen and oxygen atoms in total. The van der Waals surface area contributed by atoms with Gasteiger partial charge in [0.2, 0.25) is 0 Å². The Morgan fingerprint density at radius 3 is 2.62 bits per heavy atom. The van der Waals surface area contributed by atoms with Crippen LogP contribution in [-0.4, -0.2) is 29.6 Å². The molecule has 1 aromatic rings. The van der Waals surface area contributed by atoms with Crippen molar-refractivity contribution in [3.63, 3.8) is 0 Å². The van der Waals surface area contributed by atoms with Gasteiger partial charge < -0.3 is 15.2 Å². The number of halogens is 2. The van der Waals surface area contributed by atoms with E-state index in [9.17, 15) is 14.0 Å². The Balaban J connectivity index is 2.54. The number of carbonyl (C=O) groups excluding carboxylic acids is 1. The molecule has 0 aliphatic heterocycles. The normalized spacial score (nSPS) is 12.0. The van der Waals surface area contributed by atoms with E-state index in [1.54, 1.807) is 0 Å². The van der Waals surface area contributed by atoms with Crippen molar-refractivity contribution in [2.75, 3.05) is 6.61 Å². The minimum absolute atomic E-state index is 0.138. The molecule has 1 amide bonds. The van der Waals surface area contributed by atoms with Crippen LogP contribution in [0.15, 0.2) is 22.7 Å². The molecule has 2 N–H and O–H groups in total. The highest BCUT2D eigenvalue weighted by Gasteiger charge is 2.21. The van der Waals surface area contributed by atoms with Crippen LogP contribution in [0.4, 0.5) is 4.39 Å². The van der Waals surface area contributed by atoms with Crippen molar-refractivity contribution in [2.45, 2.75) is 26.3 Å². The number of amides is 1. The maximum Gasteiger partial charge on any atom is 0.326 e. The van der Waals surface area contributed by atoms with E-state index in [2.05, 4.69) is 21.2 Å². The summed E-state index contributed by atoms with van der Waals surface area (Å²) >= 11 is 3.11. The Bertz CT molecular complexity index is 522. The van der Waals surface area contributed by atoms with Gasteiger partial charge in [0.05, 0.1) is 4.47 Å². The number of rotatable bonds is 7. The Morgan fingerprint density at radius 2 is 2.10 bits per heavy atom. The topological polar surface area (TPSA) is 75.6 Å². The van der Waals surface area contributed by atoms with E-state index in [0.717, 1.165) is 0 Å². The summed E-state index contributed by atoms with van der Waals surface area (Å²) in [6.45, 7) is 3.40. The van der Waals surface area contributed by atoms with Gasteiger partial charge in [0.1, 0.15) is 17.6 Å². The summed E-state index contributed by atoms with van der Waals surface area (Å²) in [7, 11) is 0. The first kappa shape index (κ1) is 17.4. The lowest BCUT2D eigenvalue weighted by molar-refractivity contribution is -0.142. The molecule has 0 heterocycles. The fourth-order valence-corrected chi connectivity index (χ4v) is 2.13. The van der Waals surface area contributed by atoms with E-state index in [0.29, 0.717) is 16.6 Å². The van der Waals surface area contributed by atoms with Crippen molar-refractivity contribution in [1.82, 2.24) is 5.32 Å². The first-order chi connectivity index (χ1) is 9.79. The zero-order chi connectivity index (χ0) is 16.0. The number of hydrogen-bond donors (Lipinski definition) is 2. The molecule has 0 fully saturated rings. The average Bonchev–Trinajstić information content (AvgIpc) is 2.36. The highest BCUT2D eigenvalue weighted by atomic mass is 79.9. The summed E-state index contributed by atoms with van der Waals surface area (Å²) in [5, 5.41) is 11.4. The third-order valence-electron chi connectivity index (χ3n) is 2.59. The molecule has 7 heteroatoms. The first-order valence-electron chi connectivity index (χ1n) is 6.39. The largest absolute Gasteiger partial charge is 0.483 e. The van der Waals surface area contributed by atoms with Crippen LogP contribution in [0.2, 0.25) is 0 Å². The predicted molar refractivity (Wildman–Crippen MR) is 78.6 cm³/mol. The molecule has 0 aliphatic rings. The van der Waals surface area contributed by atoms with E-state index in [-0.39, 0.29) is 12.5 Å². The van der Waals surface area contributed by atoms with Gasteiger partial charge >= 0.3 is 5.97 Å². The molecule has 0 spiro atoms. The van der Waals surface area contributed by atoms with Gasteiger partial charge in [-0.3, -0.25) is 4.79 Å². The lowest BCUT2D eigenvalue weighted by Crippen LogP contribution is -2.43. The highest BCUT2D eigenvalue weighted by molar-refractivity contribution is 9.10. The second kappa shape index (κ2) is 7.97. The van der Waals surface area contributed by atoms with Crippen molar-refractivity contribution >= 4 is 27.8 Å². The minimum atomic E-state index is -1.08. The van der Waals surface area contributed by atoms with Crippen LogP contribution in [0.1, 0.15) is 20.3 Å². The molecular formula is C14H17BrFNO4. The Morgan fingerprint density at radius 1 is 1.43 bits per heavy atom. The second-order valence-electron chi connectivity index (χ2n) is 4.95. The van der Waals surface area contributed by atoms with Gasteiger partial charge in [-0.1, -0.05) is 13.8 Å². The fourth-order valence-electron chi connectivity index (χ4n) is 1.66. The number of aliphatic carboxylic acids is 1. The van der Waals surface area contributed by atoms with E-state index in [1.807, 2.05) is 13.8 Å². The highest BCUT2D eigenvalue weighted by Crippen LogP contribution is 2.25. The lowest BCUT2D eigenvalue weighted by atomic mass is 10.0. The SMILES string of the molecule is CC(C)C[C@@H](NC(=O)COc1ccc(F)cc1Br)C(=O)O. The van der Waals surface area contributed by atoms with Crippen LogP contribution in [0.3, 0.4) is 0 Å². The molecule has 1 atom stereocenters. The third kappa shape index (κ3) is 6.12. The second-order valence-corrected chi connectivity index (χ2v) is 5.81. The zero-order valence-electron chi connectivity index (χ0n) is 11.7. The standard InChI is InChI=1S/C14H17BrFNO4/c1-8(2)5-11(14(19)20)17-13(18)7-21-12-4-3-9(16)6-10(12)15/h3-4,6,8,11H,5,7H2,1-2H3,(H,17,18)(H,19,20)/t11-/m1/s1. The molecule has 1 rings (SSSR count). The number of carboxylic acids is 1. The van der Waals surface area contributed by atoms with Gasteiger partial charge in [-0.05, 0) is 46.5 Å². The summed E-state index contributed by atoms with van der Waals surface area (Å²) in [5.41, 5.74) is 0. The molecule has 1 aromatic carbocycles. The third-order valence-corrected chi connectivity index (χ3v) is 3.21. The lowest BCUT2D eigenvalue weighted by Gasteiger charge is -2.16. The molecule has 116 valence electrons. The maximum atomic E-state index is 12.9. The fraction of sp³-hybridized carbons (Fsp3) is 0.429. The molecule has 0 unspecified atom stereocenters. The first-order valence-corrected chi connectivity index (χ1v) is 7.19. The van der Waals surface area contributed by atoms with Gasteiger partial charge in [0.25, 0.3) is 5.91 Å². The quantitative estimate of drug-likeness (QED) is 0.782. The number of hydrogen-bond acceptors (Lipinski definition) is 3. The molecule has 0 bridgehead atoms. The van der Waals surface area contributed by atoms with Crippen LogP contribution >= 0.6 is 15.9 Å². The maximum absolute atomic E-state index is 12.9. The van der Waals surface area contributed by atoms with Crippen molar-refractivity contribution in [3.05, 3.63) is 28.5 Å². The Labute approximate surface area is 130 Å². The van der Waals surface area contributed by atoms with Crippen LogP contribution < -0.4 is 10.1 Å². The van der Waals surface area contributed by atoms with Gasteiger partial charge in [-0.25, -0.2) is 9.18 Å². The zero-order valence-corrected chi connectivity index (χ0v) is 13.3. The summed E-state index contributed by atoms with van der Waals surface area (Å²) in [6.07, 6.45) is 0.335. The molecule has 0 saturated heterocycles. The van der Waals surface area contributed by atoms with E-state index >= 15 is 0 Å². The van der Waals surface area contributed by atoms with Crippen molar-refractivity contribution in [3.8, 4) is 5.75 Å². The van der Waals surface area contributed by atoms with E-state index < -0.39 is 23.7 Å². The minimum Gasteiger partial charge on any atom is -0.483 e. The predicted octanol–water partition coefficient (Wildman–Crippen LogP) is 2.58. The summed E-state index contributed by atoms with van der Waals surface area (Å²) in [6, 6.07) is 2.86. The molecule has 21 heavy (non-hydrogen) atoms. The number of nitrogens with one attached hydrogen (secondary N) is 1. The van der Waals surface area contributed by atoms with E-state index in [1.165, 1.54) is 18.2 Å². The van der Waals surface area contributed by atoms with Crippen LogP contribution in [0.5, 0.6) is 5.75 Å². The van der Waals surface area contributed by atoms with Crippen molar-refractivity contribution < 1.29 is 23.8 Å². The smallest absolute Gasteiger partial charge is 0.326 e. The summed E-state index contributed by atoms with van der Waals surface area (Å²) in [5.74, 6) is -1.61. The molecular weight excluding hydrogens is 345 g/mol. The summed E-state index contributed by atoms with van der Waals surface area (Å²) < 4.78 is 18.5. The van der Waals surface area contributed by atoms with Gasteiger partial charge in [-0.2, -0.15) is 0 Å². The number of carbonyl (C=O) groups is 2. The molecule has 0 saturated carbocycles. The Hall–Kier alpha value is -1.63. The van der Waals surface area contributed by atoms with E-state index in [4.69, 9.17) is 9.84 Å². The molecule has 0 aliphatic carbocycles. The van der Waals surface area contributed by atoms with Gasteiger partial charge in [-0.15, -0.1) is 0 Å². The van der Waals surface area contributed by atoms with Gasteiger partial charge in [0, 0.05) is 0 Å². The van der Waals surface area contributed by atoms with Crippen LogP contribution in [0.25, 0.3) is 0 Å².